The molecule has 0 radical (unpaired) electrons. The van der Waals surface area contributed by atoms with E-state index in [4.69, 9.17) is 0 Å². The maximum Gasteiger partial charge on any atom is 0.275 e. The van der Waals surface area contributed by atoms with E-state index in [9.17, 15) is 9.59 Å². The smallest absolute Gasteiger partial charge is 0.275 e. The fraction of sp³-hybridized carbons (Fsp3) is 0.214. The van der Waals surface area contributed by atoms with E-state index in [2.05, 4.69) is 15.6 Å². The Balaban J connectivity index is 2.06. The van der Waals surface area contributed by atoms with Crippen LogP contribution >= 0.6 is 11.3 Å². The van der Waals surface area contributed by atoms with E-state index in [0.29, 0.717) is 23.5 Å². The second-order valence-electron chi connectivity index (χ2n) is 4.16. The third-order valence-corrected chi connectivity index (χ3v) is 3.17. The number of nitrogens with one attached hydrogen (secondary N) is 2. The van der Waals surface area contributed by atoms with Gasteiger partial charge in [0.05, 0.1) is 5.51 Å². The van der Waals surface area contributed by atoms with Crippen LogP contribution in [0.5, 0.6) is 0 Å². The molecule has 0 aliphatic carbocycles. The fourth-order valence-corrected chi connectivity index (χ4v) is 2.13. The Hall–Kier alpha value is -2.21. The van der Waals surface area contributed by atoms with Crippen LogP contribution in [-0.2, 0) is 0 Å². The molecule has 20 heavy (non-hydrogen) atoms. The van der Waals surface area contributed by atoms with Crippen molar-refractivity contribution in [1.29, 1.82) is 0 Å². The Labute approximate surface area is 121 Å². The SMILES string of the molecule is CCCNC(=O)c1cccc(NC(=O)c2cscn2)c1. The van der Waals surface area contributed by atoms with Crippen molar-refractivity contribution in [3.05, 3.63) is 46.4 Å². The number of hydrogen-bond donors (Lipinski definition) is 2. The maximum absolute atomic E-state index is 11.9. The first-order valence-electron chi connectivity index (χ1n) is 6.28. The number of anilines is 1. The lowest BCUT2D eigenvalue weighted by molar-refractivity contribution is 0.0952. The second-order valence-corrected chi connectivity index (χ2v) is 4.88. The van der Waals surface area contributed by atoms with Gasteiger partial charge < -0.3 is 10.6 Å². The van der Waals surface area contributed by atoms with Crippen molar-refractivity contribution in [3.63, 3.8) is 0 Å². The van der Waals surface area contributed by atoms with Crippen LogP contribution in [0.2, 0.25) is 0 Å². The van der Waals surface area contributed by atoms with E-state index in [-0.39, 0.29) is 11.8 Å². The minimum Gasteiger partial charge on any atom is -0.352 e. The average Bonchev–Trinajstić information content (AvgIpc) is 2.99. The van der Waals surface area contributed by atoms with Gasteiger partial charge in [-0.2, -0.15) is 0 Å². The van der Waals surface area contributed by atoms with Gasteiger partial charge in [-0.3, -0.25) is 9.59 Å². The number of hydrogen-bond acceptors (Lipinski definition) is 4. The number of amides is 2. The third kappa shape index (κ3) is 3.64. The van der Waals surface area contributed by atoms with E-state index < -0.39 is 0 Å². The summed E-state index contributed by atoms with van der Waals surface area (Å²) in [5.74, 6) is -0.422. The second kappa shape index (κ2) is 6.81. The zero-order valence-electron chi connectivity index (χ0n) is 11.1. The predicted molar refractivity (Wildman–Crippen MR) is 79.1 cm³/mol. The van der Waals surface area contributed by atoms with Gasteiger partial charge in [0.1, 0.15) is 5.69 Å². The lowest BCUT2D eigenvalue weighted by atomic mass is 10.2. The van der Waals surface area contributed by atoms with Gasteiger partial charge in [0.15, 0.2) is 0 Å². The normalized spacial score (nSPS) is 10.1. The van der Waals surface area contributed by atoms with Gasteiger partial charge in [-0.1, -0.05) is 13.0 Å². The molecule has 1 heterocycles. The van der Waals surface area contributed by atoms with Crippen LogP contribution in [-0.4, -0.2) is 23.3 Å². The summed E-state index contributed by atoms with van der Waals surface area (Å²) in [6, 6.07) is 6.83. The number of aromatic nitrogens is 1. The van der Waals surface area contributed by atoms with Crippen molar-refractivity contribution in [2.45, 2.75) is 13.3 Å². The van der Waals surface area contributed by atoms with Gasteiger partial charge in [-0.15, -0.1) is 11.3 Å². The van der Waals surface area contributed by atoms with Crippen LogP contribution in [0.1, 0.15) is 34.2 Å². The van der Waals surface area contributed by atoms with E-state index in [1.807, 2.05) is 6.92 Å². The first-order chi connectivity index (χ1) is 9.70. The molecule has 5 nitrogen and oxygen atoms in total. The molecule has 0 saturated carbocycles. The fourth-order valence-electron chi connectivity index (χ4n) is 1.60. The number of rotatable bonds is 5. The molecule has 6 heteroatoms. The monoisotopic (exact) mass is 289 g/mol. The number of nitrogens with zero attached hydrogens (tertiary/aromatic N) is 1. The molecule has 0 aliphatic rings. The summed E-state index contributed by atoms with van der Waals surface area (Å²) in [6.07, 6.45) is 0.881. The highest BCUT2D eigenvalue weighted by Crippen LogP contribution is 2.12. The molecule has 104 valence electrons. The largest absolute Gasteiger partial charge is 0.352 e. The molecule has 0 bridgehead atoms. The molecule has 0 fully saturated rings. The summed E-state index contributed by atoms with van der Waals surface area (Å²) in [7, 11) is 0. The summed E-state index contributed by atoms with van der Waals surface area (Å²) in [5.41, 5.74) is 3.07. The van der Waals surface area contributed by atoms with Crippen LogP contribution in [0.3, 0.4) is 0 Å². The molecule has 1 aromatic carbocycles. The highest BCUT2D eigenvalue weighted by Gasteiger charge is 2.10. The Morgan fingerprint density at radius 2 is 2.15 bits per heavy atom. The van der Waals surface area contributed by atoms with Gasteiger partial charge in [-0.25, -0.2) is 4.98 Å². The molecule has 2 rings (SSSR count). The van der Waals surface area contributed by atoms with Gasteiger partial charge >= 0.3 is 0 Å². The van der Waals surface area contributed by atoms with Crippen molar-refractivity contribution < 1.29 is 9.59 Å². The van der Waals surface area contributed by atoms with Crippen LogP contribution in [0.15, 0.2) is 35.2 Å². The summed E-state index contributed by atoms with van der Waals surface area (Å²) in [6.45, 7) is 2.62. The Morgan fingerprint density at radius 1 is 1.30 bits per heavy atom. The Kier molecular flexibility index (Phi) is 4.84. The van der Waals surface area contributed by atoms with E-state index in [0.717, 1.165) is 6.42 Å². The minimum absolute atomic E-state index is 0.142. The predicted octanol–water partition coefficient (Wildman–Crippen LogP) is 2.54. The van der Waals surface area contributed by atoms with Gasteiger partial charge in [0, 0.05) is 23.2 Å². The zero-order chi connectivity index (χ0) is 14.4. The highest BCUT2D eigenvalue weighted by molar-refractivity contribution is 7.07. The van der Waals surface area contributed by atoms with Crippen LogP contribution in [0.4, 0.5) is 5.69 Å². The molecule has 0 atom stereocenters. The van der Waals surface area contributed by atoms with E-state index in [1.54, 1.807) is 35.2 Å². The number of thiazole rings is 1. The van der Waals surface area contributed by atoms with Crippen LogP contribution in [0.25, 0.3) is 0 Å². The third-order valence-electron chi connectivity index (χ3n) is 2.58. The summed E-state index contributed by atoms with van der Waals surface area (Å²) < 4.78 is 0. The molecule has 2 amide bonds. The molecular weight excluding hydrogens is 274 g/mol. The standard InChI is InChI=1S/C14H15N3O2S/c1-2-6-15-13(18)10-4-3-5-11(7-10)17-14(19)12-8-20-9-16-12/h3-5,7-9H,2,6H2,1H3,(H,15,18)(H,17,19). The zero-order valence-corrected chi connectivity index (χ0v) is 11.9. The average molecular weight is 289 g/mol. The molecule has 0 unspecified atom stereocenters. The topological polar surface area (TPSA) is 71.1 Å². The first kappa shape index (κ1) is 14.2. The van der Waals surface area contributed by atoms with Crippen molar-refractivity contribution in [3.8, 4) is 0 Å². The van der Waals surface area contributed by atoms with Gasteiger partial charge in [-0.05, 0) is 24.6 Å². The number of carbonyl (C=O) groups excluding carboxylic acids is 2. The summed E-state index contributed by atoms with van der Waals surface area (Å²) >= 11 is 1.36. The Morgan fingerprint density at radius 3 is 2.85 bits per heavy atom. The molecule has 1 aromatic heterocycles. The first-order valence-corrected chi connectivity index (χ1v) is 7.22. The van der Waals surface area contributed by atoms with Gasteiger partial charge in [0.2, 0.25) is 0 Å². The van der Waals surface area contributed by atoms with Crippen LogP contribution < -0.4 is 10.6 Å². The molecule has 2 N–H and O–H groups in total. The molecule has 0 aliphatic heterocycles. The summed E-state index contributed by atoms with van der Waals surface area (Å²) in [5, 5.41) is 7.19. The lowest BCUT2D eigenvalue weighted by Crippen LogP contribution is -2.24. The molecule has 0 spiro atoms. The molecular formula is C14H15N3O2S. The van der Waals surface area contributed by atoms with Crippen LogP contribution in [0, 0.1) is 0 Å². The van der Waals surface area contributed by atoms with Crippen molar-refractivity contribution in [2.75, 3.05) is 11.9 Å². The molecule has 2 aromatic rings. The number of carbonyl (C=O) groups is 2. The quantitative estimate of drug-likeness (QED) is 0.888. The molecule has 0 saturated heterocycles. The van der Waals surface area contributed by atoms with E-state index in [1.165, 1.54) is 11.3 Å². The van der Waals surface area contributed by atoms with Crippen molar-refractivity contribution in [1.82, 2.24) is 10.3 Å². The minimum atomic E-state index is -0.280. The lowest BCUT2D eigenvalue weighted by Gasteiger charge is -2.07. The van der Waals surface area contributed by atoms with E-state index >= 15 is 0 Å². The van der Waals surface area contributed by atoms with Crippen molar-refractivity contribution in [2.24, 2.45) is 0 Å². The van der Waals surface area contributed by atoms with Gasteiger partial charge in [0.25, 0.3) is 11.8 Å². The highest BCUT2D eigenvalue weighted by atomic mass is 32.1. The number of benzene rings is 1. The van der Waals surface area contributed by atoms with Crippen molar-refractivity contribution >= 4 is 28.8 Å². The summed E-state index contributed by atoms with van der Waals surface area (Å²) in [4.78, 5) is 27.6. The maximum atomic E-state index is 11.9. The Bertz CT molecular complexity index is 596.